The van der Waals surface area contributed by atoms with Crippen molar-refractivity contribution >= 4 is 0 Å². The van der Waals surface area contributed by atoms with Crippen molar-refractivity contribution in [3.8, 4) is 0 Å². The van der Waals surface area contributed by atoms with Crippen LogP contribution in [0, 0.1) is 5.92 Å². The predicted molar refractivity (Wildman–Crippen MR) is 29.0 cm³/mol. The minimum atomic E-state index is 0.100. The maximum atomic E-state index is 5.70. The Morgan fingerprint density at radius 3 is 2.62 bits per heavy atom. The van der Waals surface area contributed by atoms with E-state index in [1.165, 1.54) is 6.42 Å². The van der Waals surface area contributed by atoms with Crippen molar-refractivity contribution in [3.63, 3.8) is 0 Å². The molecule has 0 aromatic rings. The Hall–Kier alpha value is -0.120. The van der Waals surface area contributed by atoms with Gasteiger partial charge in [-0.15, -0.1) is 0 Å². The molecule has 2 rings (SSSR count). The van der Waals surface area contributed by atoms with Crippen LogP contribution in [0.25, 0.3) is 0 Å². The van der Waals surface area contributed by atoms with E-state index in [4.69, 9.17) is 10.6 Å². The van der Waals surface area contributed by atoms with Gasteiger partial charge >= 0.3 is 0 Å². The Labute approximate surface area is 48.1 Å². The van der Waals surface area contributed by atoms with Crippen LogP contribution in [-0.4, -0.2) is 18.7 Å². The first-order chi connectivity index (χ1) is 3.79. The van der Waals surface area contributed by atoms with E-state index in [-0.39, 0.29) is 5.54 Å². The van der Waals surface area contributed by atoms with Gasteiger partial charge < -0.3 is 5.73 Å². The van der Waals surface area contributed by atoms with Crippen LogP contribution in [0.15, 0.2) is 0 Å². The van der Waals surface area contributed by atoms with Crippen LogP contribution in [0.3, 0.4) is 0 Å². The third kappa shape index (κ3) is 0.354. The monoisotopic (exact) mass is 114 g/mol. The van der Waals surface area contributed by atoms with Gasteiger partial charge in [-0.05, 0) is 6.42 Å². The van der Waals surface area contributed by atoms with Crippen molar-refractivity contribution in [1.82, 2.24) is 5.48 Å². The molecule has 0 aromatic heterocycles. The van der Waals surface area contributed by atoms with Gasteiger partial charge in [0.05, 0.1) is 5.54 Å². The minimum Gasteiger partial charge on any atom is -0.323 e. The molecule has 2 saturated carbocycles. The van der Waals surface area contributed by atoms with Crippen molar-refractivity contribution < 1.29 is 4.84 Å². The molecule has 0 aromatic carbocycles. The number of nitrogens with one attached hydrogen (secondary N) is 1. The summed E-state index contributed by atoms with van der Waals surface area (Å²) in [7, 11) is 1.76. The summed E-state index contributed by atoms with van der Waals surface area (Å²) < 4.78 is 0. The highest BCUT2D eigenvalue weighted by molar-refractivity contribution is 5.33. The van der Waals surface area contributed by atoms with Crippen molar-refractivity contribution in [2.24, 2.45) is 11.7 Å². The summed E-state index contributed by atoms with van der Waals surface area (Å²) in [4.78, 5) is 5.04. The van der Waals surface area contributed by atoms with Crippen LogP contribution in [0.4, 0.5) is 0 Å². The molecule has 0 radical (unpaired) electrons. The Bertz CT molecular complexity index is 128. The lowest BCUT2D eigenvalue weighted by molar-refractivity contribution is 0.0119. The minimum absolute atomic E-state index is 0.100. The fourth-order valence-corrected chi connectivity index (χ4v) is 1.20. The molecule has 0 amide bonds. The molecule has 0 bridgehead atoms. The molecule has 0 heterocycles. The quantitative estimate of drug-likeness (QED) is 0.464. The molecule has 8 heavy (non-hydrogen) atoms. The summed E-state index contributed by atoms with van der Waals surface area (Å²) in [6, 6.07) is 0. The van der Waals surface area contributed by atoms with Gasteiger partial charge in [-0.2, -0.15) is 0 Å². The van der Waals surface area contributed by atoms with Crippen LogP contribution in [0.1, 0.15) is 6.42 Å². The summed E-state index contributed by atoms with van der Waals surface area (Å²) in [5.41, 5.74) is 8.44. The maximum absolute atomic E-state index is 5.70. The van der Waals surface area contributed by atoms with Gasteiger partial charge in [-0.3, -0.25) is 4.84 Å². The van der Waals surface area contributed by atoms with E-state index < -0.39 is 0 Å². The van der Waals surface area contributed by atoms with Crippen molar-refractivity contribution in [2.75, 3.05) is 7.05 Å². The molecule has 3 N–H and O–H groups in total. The zero-order valence-corrected chi connectivity index (χ0v) is 4.85. The van der Waals surface area contributed by atoms with E-state index in [1.54, 1.807) is 7.05 Å². The Morgan fingerprint density at radius 1 is 1.88 bits per heavy atom. The van der Waals surface area contributed by atoms with Crippen LogP contribution in [-0.2, 0) is 4.84 Å². The summed E-state index contributed by atoms with van der Waals surface area (Å²) in [6.07, 6.45) is 1.49. The van der Waals surface area contributed by atoms with Crippen LogP contribution in [0.5, 0.6) is 0 Å². The molecule has 0 spiro atoms. The first-order valence-corrected chi connectivity index (χ1v) is 2.90. The van der Waals surface area contributed by atoms with Crippen molar-refractivity contribution in [1.29, 1.82) is 0 Å². The molecular formula is C5H10N2O. The molecule has 0 saturated heterocycles. The number of nitrogens with two attached hydrogens (primary N) is 1. The zero-order valence-electron chi connectivity index (χ0n) is 4.85. The lowest BCUT2D eigenvalue weighted by Crippen LogP contribution is -2.26. The molecule has 2 aliphatic carbocycles. The molecule has 0 aliphatic heterocycles. The van der Waals surface area contributed by atoms with E-state index in [9.17, 15) is 0 Å². The second kappa shape index (κ2) is 1.07. The van der Waals surface area contributed by atoms with Crippen LogP contribution in [0.2, 0.25) is 0 Å². The number of fused-ring (bicyclic) bond motifs is 1. The molecule has 3 heteroatoms. The van der Waals surface area contributed by atoms with Crippen molar-refractivity contribution in [3.05, 3.63) is 0 Å². The summed E-state index contributed by atoms with van der Waals surface area (Å²) in [5.74, 6) is 0.676. The normalized spacial score (nSPS) is 57.8. The van der Waals surface area contributed by atoms with Crippen LogP contribution < -0.4 is 11.2 Å². The first-order valence-electron chi connectivity index (χ1n) is 2.90. The highest BCUT2D eigenvalue weighted by atomic mass is 16.7. The van der Waals surface area contributed by atoms with E-state index in [1.807, 2.05) is 0 Å². The number of hydrogen-bond acceptors (Lipinski definition) is 3. The fraction of sp³-hybridized carbons (Fsp3) is 1.00. The van der Waals surface area contributed by atoms with Crippen molar-refractivity contribution in [2.45, 2.75) is 18.1 Å². The number of hydrogen-bond donors (Lipinski definition) is 2. The van der Waals surface area contributed by atoms with E-state index in [0.717, 1.165) is 0 Å². The van der Waals surface area contributed by atoms with Gasteiger partial charge in [0.25, 0.3) is 0 Å². The van der Waals surface area contributed by atoms with E-state index >= 15 is 0 Å². The SMILES string of the molecule is CNOC1C2CC21N. The average Bonchev–Trinajstić information content (AvgIpc) is 2.49. The Kier molecular flexibility index (Phi) is 0.635. The lowest BCUT2D eigenvalue weighted by atomic mass is 10.3. The predicted octanol–water partition coefficient (Wildman–Crippen LogP) is -0.763. The second-order valence-corrected chi connectivity index (χ2v) is 2.67. The van der Waals surface area contributed by atoms with Gasteiger partial charge in [-0.25, -0.2) is 5.48 Å². The third-order valence-electron chi connectivity index (χ3n) is 2.13. The van der Waals surface area contributed by atoms with Gasteiger partial charge in [0, 0.05) is 13.0 Å². The molecule has 3 atom stereocenters. The molecule has 3 unspecified atom stereocenters. The van der Waals surface area contributed by atoms with Gasteiger partial charge in [0.1, 0.15) is 6.10 Å². The topological polar surface area (TPSA) is 47.3 Å². The highest BCUT2D eigenvalue weighted by Crippen LogP contribution is 2.65. The molecular weight excluding hydrogens is 104 g/mol. The largest absolute Gasteiger partial charge is 0.323 e. The Balaban J connectivity index is 1.83. The van der Waals surface area contributed by atoms with Gasteiger partial charge in [0.2, 0.25) is 0 Å². The second-order valence-electron chi connectivity index (χ2n) is 2.67. The fourth-order valence-electron chi connectivity index (χ4n) is 1.20. The zero-order chi connectivity index (χ0) is 5.78. The smallest absolute Gasteiger partial charge is 0.102 e. The summed E-state index contributed by atoms with van der Waals surface area (Å²) in [5, 5.41) is 0. The maximum Gasteiger partial charge on any atom is 0.102 e. The Morgan fingerprint density at radius 2 is 2.50 bits per heavy atom. The summed E-state index contributed by atoms with van der Waals surface area (Å²) in [6.45, 7) is 0. The average molecular weight is 114 g/mol. The van der Waals surface area contributed by atoms with E-state index in [0.29, 0.717) is 12.0 Å². The standard InChI is InChI=1S/C5H10N2O/c1-7-8-4-3-2-5(3,4)6/h3-4,7H,2,6H2,1H3. The first kappa shape index (κ1) is 4.73. The molecule has 2 aliphatic rings. The van der Waals surface area contributed by atoms with Crippen LogP contribution >= 0.6 is 0 Å². The summed E-state index contributed by atoms with van der Waals surface area (Å²) >= 11 is 0. The lowest BCUT2D eigenvalue weighted by Gasteiger charge is -2.05. The number of rotatable bonds is 2. The molecule has 46 valence electrons. The number of hydroxylamine groups is 1. The molecule has 2 fully saturated rings. The third-order valence-corrected chi connectivity index (χ3v) is 2.13. The molecule has 3 nitrogen and oxygen atoms in total. The van der Waals surface area contributed by atoms with Gasteiger partial charge in [-0.1, -0.05) is 0 Å². The van der Waals surface area contributed by atoms with E-state index in [2.05, 4.69) is 5.48 Å². The highest BCUT2D eigenvalue weighted by Gasteiger charge is 2.78. The van der Waals surface area contributed by atoms with Gasteiger partial charge in [0.15, 0.2) is 0 Å².